The van der Waals surface area contributed by atoms with Crippen LogP contribution < -0.4 is 4.74 Å². The van der Waals surface area contributed by atoms with E-state index >= 15 is 0 Å². The molecule has 0 fully saturated rings. The van der Waals surface area contributed by atoms with Crippen molar-refractivity contribution in [2.75, 3.05) is 0 Å². The van der Waals surface area contributed by atoms with Gasteiger partial charge in [0.1, 0.15) is 23.0 Å². The largest absolute Gasteiger partial charge is 0.485 e. The van der Waals surface area contributed by atoms with Gasteiger partial charge in [0.2, 0.25) is 0 Å². The van der Waals surface area contributed by atoms with E-state index in [1.807, 2.05) is 0 Å². The summed E-state index contributed by atoms with van der Waals surface area (Å²) in [6, 6.07) is 70.7. The van der Waals surface area contributed by atoms with Gasteiger partial charge in [-0.25, -0.2) is 0 Å². The van der Waals surface area contributed by atoms with Crippen LogP contribution in [0.5, 0.6) is 5.75 Å². The summed E-state index contributed by atoms with van der Waals surface area (Å²) in [4.78, 5) is 0. The molecule has 1 aliphatic carbocycles. The Morgan fingerprint density at radius 1 is 0.367 bits per heavy atom. The van der Waals surface area contributed by atoms with E-state index in [-0.39, 0.29) is 12.0 Å². The highest BCUT2D eigenvalue weighted by Gasteiger charge is 2.37. The molecule has 2 aliphatic rings. The van der Waals surface area contributed by atoms with E-state index in [1.165, 1.54) is 82.2 Å². The van der Waals surface area contributed by atoms with E-state index in [1.54, 1.807) is 0 Å². The molecule has 0 N–H and O–H groups in total. The monoisotopic (exact) mass is 764 g/mol. The van der Waals surface area contributed by atoms with Gasteiger partial charge < -0.3 is 9.15 Å². The van der Waals surface area contributed by atoms with Crippen molar-refractivity contribution >= 4 is 60.3 Å². The van der Waals surface area contributed by atoms with Crippen molar-refractivity contribution < 1.29 is 9.15 Å². The lowest BCUT2D eigenvalue weighted by molar-refractivity contribution is 0.267. The highest BCUT2D eigenvalue weighted by Crippen LogP contribution is 2.49. The molecule has 10 aromatic carbocycles. The molecule has 2 atom stereocenters. The van der Waals surface area contributed by atoms with Crippen molar-refractivity contribution in [3.8, 4) is 50.3 Å². The van der Waals surface area contributed by atoms with Crippen LogP contribution in [0.3, 0.4) is 0 Å². The van der Waals surface area contributed by atoms with Crippen LogP contribution in [-0.2, 0) is 0 Å². The molecular formula is C58H36O2. The van der Waals surface area contributed by atoms with Gasteiger partial charge in [-0.15, -0.1) is 0 Å². The van der Waals surface area contributed by atoms with E-state index in [0.29, 0.717) is 0 Å². The zero-order valence-electron chi connectivity index (χ0n) is 32.6. The van der Waals surface area contributed by atoms with Crippen LogP contribution in [0.2, 0.25) is 0 Å². The minimum Gasteiger partial charge on any atom is -0.485 e. The number of hydrogen-bond acceptors (Lipinski definition) is 2. The van der Waals surface area contributed by atoms with Gasteiger partial charge >= 0.3 is 0 Å². The highest BCUT2D eigenvalue weighted by molar-refractivity contribution is 6.22. The van der Waals surface area contributed by atoms with Crippen LogP contribution in [0, 0.1) is 0 Å². The maximum atomic E-state index is 6.61. The first-order chi connectivity index (χ1) is 29.7. The predicted octanol–water partition coefficient (Wildman–Crippen LogP) is 15.6. The van der Waals surface area contributed by atoms with Gasteiger partial charge in [-0.1, -0.05) is 164 Å². The molecule has 11 aromatic rings. The highest BCUT2D eigenvalue weighted by atomic mass is 16.5. The molecule has 2 nitrogen and oxygen atoms in total. The van der Waals surface area contributed by atoms with E-state index in [2.05, 4.69) is 206 Å². The van der Waals surface area contributed by atoms with Crippen molar-refractivity contribution in [3.05, 3.63) is 217 Å². The number of benzene rings is 10. The Labute approximate surface area is 347 Å². The molecule has 1 aromatic heterocycles. The molecule has 13 rings (SSSR count). The molecule has 1 aliphatic heterocycles. The Bertz CT molecular complexity index is 3550. The molecule has 280 valence electrons. The summed E-state index contributed by atoms with van der Waals surface area (Å²) in [6.45, 7) is 0. The van der Waals surface area contributed by atoms with Crippen molar-refractivity contribution in [2.45, 2.75) is 12.0 Å². The van der Waals surface area contributed by atoms with E-state index in [9.17, 15) is 0 Å². The Morgan fingerprint density at radius 2 is 0.950 bits per heavy atom. The average Bonchev–Trinajstić information content (AvgIpc) is 3.89. The van der Waals surface area contributed by atoms with Crippen molar-refractivity contribution in [1.29, 1.82) is 0 Å². The van der Waals surface area contributed by atoms with Gasteiger partial charge in [0.25, 0.3) is 0 Å². The molecule has 2 unspecified atom stereocenters. The van der Waals surface area contributed by atoms with Crippen LogP contribution in [-0.4, -0.2) is 6.10 Å². The fourth-order valence-corrected chi connectivity index (χ4v) is 10.3. The van der Waals surface area contributed by atoms with Crippen molar-refractivity contribution in [1.82, 2.24) is 0 Å². The second-order valence-electron chi connectivity index (χ2n) is 16.3. The lowest BCUT2D eigenvalue weighted by atomic mass is 9.81. The SMILES string of the molecule is C1=CC2Oc3cc(-c4cccc(-c5c6ccccc6c(-c6cccc(-c7ccc8c(c7)oc7ccc9ccccc9c78)c6)c6ccccc56)c4)ccc3C2c2ccccc21. The lowest BCUT2D eigenvalue weighted by Gasteiger charge is -2.22. The molecule has 0 amide bonds. The number of rotatable bonds is 4. The summed E-state index contributed by atoms with van der Waals surface area (Å²) in [5.41, 5.74) is 15.2. The summed E-state index contributed by atoms with van der Waals surface area (Å²) in [6.07, 6.45) is 4.44. The van der Waals surface area contributed by atoms with Crippen molar-refractivity contribution in [2.24, 2.45) is 0 Å². The van der Waals surface area contributed by atoms with Gasteiger partial charge in [-0.2, -0.15) is 0 Å². The predicted molar refractivity (Wildman–Crippen MR) is 250 cm³/mol. The Balaban J connectivity index is 0.918. The maximum Gasteiger partial charge on any atom is 0.136 e. The minimum absolute atomic E-state index is 0.0230. The molecule has 0 radical (unpaired) electrons. The quantitative estimate of drug-likeness (QED) is 0.167. The molecular weight excluding hydrogens is 729 g/mol. The first-order valence-corrected chi connectivity index (χ1v) is 20.8. The molecule has 0 spiro atoms. The second kappa shape index (κ2) is 12.9. The molecule has 60 heavy (non-hydrogen) atoms. The van der Waals surface area contributed by atoms with E-state index in [4.69, 9.17) is 9.15 Å². The third-order valence-electron chi connectivity index (χ3n) is 13.0. The average molecular weight is 765 g/mol. The molecule has 0 saturated heterocycles. The normalized spacial score (nSPS) is 15.4. The zero-order chi connectivity index (χ0) is 39.3. The van der Waals surface area contributed by atoms with Crippen LogP contribution >= 0.6 is 0 Å². The molecule has 0 saturated carbocycles. The second-order valence-corrected chi connectivity index (χ2v) is 16.3. The Kier molecular flexibility index (Phi) is 7.17. The van der Waals surface area contributed by atoms with Crippen LogP contribution in [0.15, 0.2) is 205 Å². The third-order valence-corrected chi connectivity index (χ3v) is 13.0. The molecule has 0 bridgehead atoms. The standard InChI is InChI=1S/C58H36O2/c1-3-17-43-35(11-1)25-29-51-57(43)49-27-23-39(33-53(49)59-51)37-13-9-15-41(31-37)55-45-19-5-7-21-47(45)56(48-22-8-6-20-46(48)55)42-16-10-14-38(32-42)40-24-28-50-54(34-40)60-52-30-26-36-12-2-4-18-44(36)58(50)52/h1-34,51,57H. The third kappa shape index (κ3) is 5.01. The van der Waals surface area contributed by atoms with Gasteiger partial charge in [-0.3, -0.25) is 0 Å². The minimum atomic E-state index is 0.0230. The van der Waals surface area contributed by atoms with Gasteiger partial charge in [0.15, 0.2) is 0 Å². The number of hydrogen-bond donors (Lipinski definition) is 0. The summed E-state index contributed by atoms with van der Waals surface area (Å²) >= 11 is 0. The first-order valence-electron chi connectivity index (χ1n) is 20.8. The van der Waals surface area contributed by atoms with Gasteiger partial charge in [0, 0.05) is 16.3 Å². The Morgan fingerprint density at radius 3 is 1.67 bits per heavy atom. The van der Waals surface area contributed by atoms with Gasteiger partial charge in [-0.05, 0) is 130 Å². The summed E-state index contributed by atoms with van der Waals surface area (Å²) < 4.78 is 13.1. The number of ether oxygens (including phenoxy) is 1. The number of fused-ring (bicyclic) bond motifs is 12. The smallest absolute Gasteiger partial charge is 0.136 e. The van der Waals surface area contributed by atoms with Crippen LogP contribution in [0.4, 0.5) is 0 Å². The Hall–Kier alpha value is -7.68. The van der Waals surface area contributed by atoms with Crippen LogP contribution in [0.25, 0.3) is 105 Å². The molecule has 2 heterocycles. The number of furan rings is 1. The first kappa shape index (κ1) is 33.3. The maximum absolute atomic E-state index is 6.61. The topological polar surface area (TPSA) is 22.4 Å². The fraction of sp³-hybridized carbons (Fsp3) is 0.0345. The summed E-state index contributed by atoms with van der Waals surface area (Å²) in [5.74, 6) is 1.20. The summed E-state index contributed by atoms with van der Waals surface area (Å²) in [5, 5.41) is 9.69. The van der Waals surface area contributed by atoms with Gasteiger partial charge in [0.05, 0.1) is 5.92 Å². The van der Waals surface area contributed by atoms with E-state index in [0.717, 1.165) is 39.0 Å². The van der Waals surface area contributed by atoms with Crippen LogP contribution in [0.1, 0.15) is 22.6 Å². The summed E-state index contributed by atoms with van der Waals surface area (Å²) in [7, 11) is 0. The zero-order valence-corrected chi connectivity index (χ0v) is 32.6. The fourth-order valence-electron chi connectivity index (χ4n) is 10.3. The lowest BCUT2D eigenvalue weighted by Crippen LogP contribution is -2.20. The van der Waals surface area contributed by atoms with E-state index < -0.39 is 0 Å². The molecule has 2 heteroatoms. The van der Waals surface area contributed by atoms with Crippen molar-refractivity contribution in [3.63, 3.8) is 0 Å².